The highest BCUT2D eigenvalue weighted by atomic mass is 35.6. The van der Waals surface area contributed by atoms with Gasteiger partial charge in [-0.25, -0.2) is 0 Å². The van der Waals surface area contributed by atoms with Gasteiger partial charge in [0.25, 0.3) is 0 Å². The van der Waals surface area contributed by atoms with Crippen LogP contribution in [0, 0.1) is 20.8 Å². The monoisotopic (exact) mass is 516 g/mol. The van der Waals surface area contributed by atoms with E-state index in [0.717, 1.165) is 32.3 Å². The van der Waals surface area contributed by atoms with E-state index < -0.39 is 7.38 Å². The smallest absolute Gasteiger partial charge is 0.248 e. The van der Waals surface area contributed by atoms with Gasteiger partial charge in [0.1, 0.15) is 34.5 Å². The highest BCUT2D eigenvalue weighted by Crippen LogP contribution is 2.33. The van der Waals surface area contributed by atoms with Crippen molar-refractivity contribution in [1.29, 1.82) is 0 Å². The molecule has 8 heteroatoms. The molecule has 35 heavy (non-hydrogen) atoms. The highest BCUT2D eigenvalue weighted by molar-refractivity contribution is 7.40. The summed E-state index contributed by atoms with van der Waals surface area (Å²) in [4.78, 5) is 0. The van der Waals surface area contributed by atoms with Crippen molar-refractivity contribution in [2.45, 2.75) is 20.8 Å². The number of methoxy groups -OCH3 is 6. The van der Waals surface area contributed by atoms with Crippen LogP contribution in [0.2, 0.25) is 0 Å². The molecule has 0 aromatic heterocycles. The molecule has 0 atom stereocenters. The van der Waals surface area contributed by atoms with Crippen molar-refractivity contribution in [2.75, 3.05) is 42.7 Å². The topological polar surface area (TPSA) is 55.4 Å². The molecule has 0 saturated carbocycles. The minimum absolute atomic E-state index is 0.689. The second kappa shape index (κ2) is 10.7. The van der Waals surface area contributed by atoms with Gasteiger partial charge in [-0.3, -0.25) is 0 Å². The predicted molar refractivity (Wildman–Crippen MR) is 143 cm³/mol. The van der Waals surface area contributed by atoms with Crippen LogP contribution in [-0.2, 0) is 0 Å². The zero-order chi connectivity index (χ0) is 25.9. The Morgan fingerprint density at radius 2 is 0.600 bits per heavy atom. The summed E-state index contributed by atoms with van der Waals surface area (Å²) in [7, 11) is 6.59. The molecule has 0 amide bonds. The summed E-state index contributed by atoms with van der Waals surface area (Å²) < 4.78 is 34.2. The third kappa shape index (κ3) is 4.62. The van der Waals surface area contributed by atoms with Gasteiger partial charge in [-0.1, -0.05) is 0 Å². The second-order valence-electron chi connectivity index (χ2n) is 8.18. The summed E-state index contributed by atoms with van der Waals surface area (Å²) in [5.74, 6) is 4.13. The van der Waals surface area contributed by atoms with Gasteiger partial charge in [0.05, 0.1) is 42.7 Å². The fourth-order valence-corrected chi connectivity index (χ4v) is 8.32. The second-order valence-corrected chi connectivity index (χ2v) is 12.9. The maximum Gasteiger partial charge on any atom is 0.248 e. The first-order valence-electron chi connectivity index (χ1n) is 11.1. The summed E-state index contributed by atoms with van der Waals surface area (Å²) >= 11 is 7.85. The maximum absolute atomic E-state index is 7.85. The Balaban J connectivity index is 2.49. The van der Waals surface area contributed by atoms with Gasteiger partial charge in [0, 0.05) is 16.7 Å². The van der Waals surface area contributed by atoms with Crippen LogP contribution in [0.25, 0.3) is 0 Å². The number of ether oxygens (including phenoxy) is 6. The van der Waals surface area contributed by atoms with Crippen LogP contribution in [-0.4, -0.2) is 50.0 Å². The van der Waals surface area contributed by atoms with Gasteiger partial charge in [0.15, 0.2) is 0 Å². The third-order valence-corrected chi connectivity index (χ3v) is 11.7. The first kappa shape index (κ1) is 26.6. The van der Waals surface area contributed by atoms with E-state index in [1.54, 1.807) is 42.7 Å². The lowest BCUT2D eigenvalue weighted by atomic mass is 10.2. The van der Waals surface area contributed by atoms with E-state index in [0.29, 0.717) is 34.5 Å². The van der Waals surface area contributed by atoms with Crippen molar-refractivity contribution in [3.05, 3.63) is 53.1 Å². The first-order chi connectivity index (χ1) is 16.7. The van der Waals surface area contributed by atoms with Crippen LogP contribution >= 0.6 is 11.1 Å². The number of rotatable bonds is 9. The lowest BCUT2D eigenvalue weighted by molar-refractivity contribution is 0.389. The van der Waals surface area contributed by atoms with E-state index in [9.17, 15) is 0 Å². The molecule has 3 aromatic rings. The minimum atomic E-state index is -3.24. The number of halogens is 1. The number of hydrogen-bond donors (Lipinski definition) is 0. The van der Waals surface area contributed by atoms with Crippen molar-refractivity contribution in [3.8, 4) is 34.5 Å². The summed E-state index contributed by atoms with van der Waals surface area (Å²) in [6, 6.07) is 11.9. The van der Waals surface area contributed by atoms with Crippen molar-refractivity contribution in [2.24, 2.45) is 0 Å². The molecule has 0 radical (unpaired) electrons. The molecule has 0 heterocycles. The number of benzene rings is 3. The van der Waals surface area contributed by atoms with Crippen molar-refractivity contribution in [1.82, 2.24) is 0 Å². The minimum Gasteiger partial charge on any atom is -0.496 e. The molecule has 0 bridgehead atoms. The van der Waals surface area contributed by atoms with Crippen molar-refractivity contribution < 1.29 is 28.4 Å². The maximum atomic E-state index is 7.85. The molecular weight excluding hydrogens is 484 g/mol. The molecule has 188 valence electrons. The molecule has 0 aliphatic rings. The van der Waals surface area contributed by atoms with Gasteiger partial charge in [-0.05, 0) is 72.7 Å². The van der Waals surface area contributed by atoms with E-state index >= 15 is 0 Å². The average molecular weight is 517 g/mol. The molecule has 3 aromatic carbocycles. The third-order valence-electron chi connectivity index (χ3n) is 6.45. The Kier molecular flexibility index (Phi) is 8.13. The van der Waals surface area contributed by atoms with Gasteiger partial charge in [-0.2, -0.15) is 0 Å². The van der Waals surface area contributed by atoms with Crippen LogP contribution in [0.15, 0.2) is 36.4 Å². The summed E-state index contributed by atoms with van der Waals surface area (Å²) in [5.41, 5.74) is 2.68. The molecule has 6 nitrogen and oxygen atoms in total. The molecule has 0 N–H and O–H groups in total. The van der Waals surface area contributed by atoms with E-state index in [2.05, 4.69) is 0 Å². The van der Waals surface area contributed by atoms with E-state index in [1.807, 2.05) is 57.2 Å². The van der Waals surface area contributed by atoms with Crippen LogP contribution in [0.5, 0.6) is 34.5 Å². The van der Waals surface area contributed by atoms with Gasteiger partial charge >= 0.3 is 0 Å². The van der Waals surface area contributed by atoms with Gasteiger partial charge < -0.3 is 28.4 Å². The molecule has 0 aliphatic carbocycles. The number of hydrogen-bond acceptors (Lipinski definition) is 6. The quantitative estimate of drug-likeness (QED) is 0.244. The van der Waals surface area contributed by atoms with Gasteiger partial charge in [-0.15, -0.1) is 11.1 Å². The standard InChI is InChI=1S/C27H33ClO6Si/c1-16-22(29-4)10-19(11-23(16)30-5)35(28,20-12-24(31-6)17(2)25(13-20)32-7)21-14-26(33-8)18(3)27(15-21)34-9/h10-15H,1-9H3. The molecule has 0 saturated heterocycles. The van der Waals surface area contributed by atoms with Crippen molar-refractivity contribution >= 4 is 34.0 Å². The van der Waals surface area contributed by atoms with E-state index in [4.69, 9.17) is 39.5 Å². The van der Waals surface area contributed by atoms with Crippen molar-refractivity contribution in [3.63, 3.8) is 0 Å². The Morgan fingerprint density at radius 3 is 0.743 bits per heavy atom. The average Bonchev–Trinajstić information content (AvgIpc) is 2.88. The fourth-order valence-electron chi connectivity index (χ4n) is 4.35. The van der Waals surface area contributed by atoms with Crippen LogP contribution in [0.3, 0.4) is 0 Å². The molecule has 0 unspecified atom stereocenters. The van der Waals surface area contributed by atoms with Crippen LogP contribution < -0.4 is 44.0 Å². The Bertz CT molecular complexity index is 1000. The lowest BCUT2D eigenvalue weighted by Crippen LogP contribution is -2.63. The summed E-state index contributed by atoms with van der Waals surface area (Å²) in [6.45, 7) is 5.86. The Labute approximate surface area is 213 Å². The molecule has 0 fully saturated rings. The van der Waals surface area contributed by atoms with Crippen LogP contribution in [0.1, 0.15) is 16.7 Å². The zero-order valence-electron chi connectivity index (χ0n) is 21.8. The Hall–Kier alpha value is -3.03. The van der Waals surface area contributed by atoms with Crippen LogP contribution in [0.4, 0.5) is 0 Å². The predicted octanol–water partition coefficient (Wildman–Crippen LogP) is 3.87. The normalized spacial score (nSPS) is 11.1. The van der Waals surface area contributed by atoms with E-state index in [1.165, 1.54) is 0 Å². The lowest BCUT2D eigenvalue weighted by Gasteiger charge is -2.30. The molecule has 0 spiro atoms. The largest absolute Gasteiger partial charge is 0.496 e. The summed E-state index contributed by atoms with van der Waals surface area (Å²) in [6.07, 6.45) is 0. The molecular formula is C27H33ClO6Si. The summed E-state index contributed by atoms with van der Waals surface area (Å²) in [5, 5.41) is 2.62. The highest BCUT2D eigenvalue weighted by Gasteiger charge is 2.41. The van der Waals surface area contributed by atoms with Gasteiger partial charge in [0.2, 0.25) is 7.38 Å². The first-order valence-corrected chi connectivity index (χ1v) is 14.1. The van der Waals surface area contributed by atoms with E-state index in [-0.39, 0.29) is 0 Å². The molecule has 3 rings (SSSR count). The fraction of sp³-hybridized carbons (Fsp3) is 0.333. The molecule has 0 aliphatic heterocycles. The Morgan fingerprint density at radius 1 is 0.429 bits per heavy atom. The SMILES string of the molecule is COc1cc([Si](Cl)(c2cc(OC)c(C)c(OC)c2)c2cc(OC)c(C)c(OC)c2)cc(OC)c1C. The zero-order valence-corrected chi connectivity index (χ0v) is 23.5.